The van der Waals surface area contributed by atoms with Crippen LogP contribution in [0.3, 0.4) is 0 Å². The van der Waals surface area contributed by atoms with E-state index in [2.05, 4.69) is 20.0 Å². The lowest BCUT2D eigenvalue weighted by atomic mass is 10.1. The predicted octanol–water partition coefficient (Wildman–Crippen LogP) is 1.02. The monoisotopic (exact) mass is 297 g/mol. The van der Waals surface area contributed by atoms with Crippen LogP contribution in [0.15, 0.2) is 23.0 Å². The van der Waals surface area contributed by atoms with Gasteiger partial charge in [0.2, 0.25) is 6.39 Å². The fourth-order valence-electron chi connectivity index (χ4n) is 1.60. The molecule has 110 valence electrons. The number of aromatic carboxylic acids is 1. The molecule has 2 rings (SSSR count). The average molecular weight is 297 g/mol. The number of rotatable bonds is 5. The minimum absolute atomic E-state index is 0.0798. The van der Waals surface area contributed by atoms with Gasteiger partial charge in [0.1, 0.15) is 0 Å². The molecule has 0 aliphatic rings. The molecule has 0 atom stereocenters. The molecule has 0 fully saturated rings. The number of hydrogen-bond acceptors (Lipinski definition) is 5. The van der Waals surface area contributed by atoms with E-state index >= 15 is 0 Å². The van der Waals surface area contributed by atoms with Gasteiger partial charge in [-0.15, -0.1) is 0 Å². The number of amides is 1. The number of carbonyl (C=O) groups is 2. The van der Waals surface area contributed by atoms with E-state index < -0.39 is 34.6 Å². The Morgan fingerprint density at radius 3 is 2.48 bits per heavy atom. The van der Waals surface area contributed by atoms with Crippen LogP contribution in [0, 0.1) is 11.6 Å². The van der Waals surface area contributed by atoms with Gasteiger partial charge >= 0.3 is 5.97 Å². The van der Waals surface area contributed by atoms with E-state index in [1.165, 1.54) is 0 Å². The highest BCUT2D eigenvalue weighted by atomic mass is 19.2. The summed E-state index contributed by atoms with van der Waals surface area (Å²) in [6, 6.07) is 1.01. The van der Waals surface area contributed by atoms with Gasteiger partial charge in [-0.25, -0.2) is 13.6 Å². The Balaban J connectivity index is 2.11. The van der Waals surface area contributed by atoms with E-state index in [0.29, 0.717) is 18.0 Å². The number of nitrogens with one attached hydrogen (secondary N) is 1. The average Bonchev–Trinajstić information content (AvgIpc) is 2.94. The molecule has 1 amide bonds. The fourth-order valence-corrected chi connectivity index (χ4v) is 1.60. The van der Waals surface area contributed by atoms with E-state index in [4.69, 9.17) is 5.11 Å². The van der Waals surface area contributed by atoms with Crippen LogP contribution < -0.4 is 5.32 Å². The van der Waals surface area contributed by atoms with Crippen LogP contribution in [0.1, 0.15) is 26.5 Å². The van der Waals surface area contributed by atoms with E-state index in [-0.39, 0.29) is 13.0 Å². The molecule has 0 unspecified atom stereocenters. The number of nitrogens with zero attached hydrogens (tertiary/aromatic N) is 2. The SMILES string of the molecule is O=C(O)c1cc(F)c(F)cc1C(=O)NCCc1ncon1. The van der Waals surface area contributed by atoms with Crippen molar-refractivity contribution in [1.29, 1.82) is 0 Å². The highest BCUT2D eigenvalue weighted by molar-refractivity contribution is 6.04. The summed E-state index contributed by atoms with van der Waals surface area (Å²) in [6.07, 6.45) is 1.36. The summed E-state index contributed by atoms with van der Waals surface area (Å²) >= 11 is 0. The number of benzene rings is 1. The molecule has 7 nitrogen and oxygen atoms in total. The second-order valence-electron chi connectivity index (χ2n) is 3.97. The summed E-state index contributed by atoms with van der Waals surface area (Å²) in [4.78, 5) is 26.5. The third kappa shape index (κ3) is 3.38. The summed E-state index contributed by atoms with van der Waals surface area (Å²) in [7, 11) is 0. The van der Waals surface area contributed by atoms with Crippen molar-refractivity contribution < 1.29 is 28.0 Å². The van der Waals surface area contributed by atoms with Crippen LogP contribution in [0.25, 0.3) is 0 Å². The van der Waals surface area contributed by atoms with Gasteiger partial charge < -0.3 is 14.9 Å². The summed E-state index contributed by atoms with van der Waals surface area (Å²) < 4.78 is 30.7. The standard InChI is InChI=1S/C12H9F2N3O4/c13-8-3-6(7(12(19)20)4-9(8)14)11(18)15-2-1-10-16-5-21-17-10/h3-5H,1-2H2,(H,15,18)(H,19,20). The van der Waals surface area contributed by atoms with E-state index in [1.807, 2.05) is 0 Å². The van der Waals surface area contributed by atoms with Gasteiger partial charge in [0.15, 0.2) is 17.5 Å². The summed E-state index contributed by atoms with van der Waals surface area (Å²) in [6.45, 7) is 0.0798. The molecule has 1 heterocycles. The Bertz CT molecular complexity index is 673. The molecule has 2 N–H and O–H groups in total. The molecule has 0 aliphatic heterocycles. The minimum atomic E-state index is -1.53. The van der Waals surface area contributed by atoms with Crippen molar-refractivity contribution in [2.75, 3.05) is 6.54 Å². The van der Waals surface area contributed by atoms with Gasteiger partial charge in [0.25, 0.3) is 5.91 Å². The van der Waals surface area contributed by atoms with Crippen LogP contribution >= 0.6 is 0 Å². The first-order valence-corrected chi connectivity index (χ1v) is 5.75. The van der Waals surface area contributed by atoms with E-state index in [1.54, 1.807) is 0 Å². The van der Waals surface area contributed by atoms with E-state index in [9.17, 15) is 18.4 Å². The van der Waals surface area contributed by atoms with Gasteiger partial charge in [-0.3, -0.25) is 4.79 Å². The number of carboxylic acids is 1. The van der Waals surface area contributed by atoms with Crippen molar-refractivity contribution in [3.05, 3.63) is 47.1 Å². The first kappa shape index (κ1) is 14.6. The quantitative estimate of drug-likeness (QED) is 0.853. The summed E-state index contributed by atoms with van der Waals surface area (Å²) in [5.74, 6) is -4.66. The fraction of sp³-hybridized carbons (Fsp3) is 0.167. The van der Waals surface area contributed by atoms with Crippen LogP contribution in [0.4, 0.5) is 8.78 Å². The molecule has 1 aromatic heterocycles. The van der Waals surface area contributed by atoms with Gasteiger partial charge in [-0.05, 0) is 12.1 Å². The molecule has 0 spiro atoms. The third-order valence-corrected chi connectivity index (χ3v) is 2.58. The Morgan fingerprint density at radius 2 is 1.90 bits per heavy atom. The maximum Gasteiger partial charge on any atom is 0.336 e. The van der Waals surface area contributed by atoms with Crippen LogP contribution in [-0.2, 0) is 6.42 Å². The Kier molecular flexibility index (Phi) is 4.21. The number of carboxylic acid groups (broad SMARTS) is 1. The van der Waals surface area contributed by atoms with Crippen molar-refractivity contribution in [2.45, 2.75) is 6.42 Å². The lowest BCUT2D eigenvalue weighted by molar-refractivity contribution is 0.0690. The largest absolute Gasteiger partial charge is 0.478 e. The second kappa shape index (κ2) is 6.07. The highest BCUT2D eigenvalue weighted by Crippen LogP contribution is 2.15. The molecule has 1 aromatic carbocycles. The topological polar surface area (TPSA) is 105 Å². The number of carbonyl (C=O) groups excluding carboxylic acids is 1. The molecule has 0 aliphatic carbocycles. The molecular formula is C12H9F2N3O4. The molecule has 9 heteroatoms. The zero-order chi connectivity index (χ0) is 15.4. The molecule has 0 radical (unpaired) electrons. The lowest BCUT2D eigenvalue weighted by Gasteiger charge is -2.07. The molecule has 0 saturated carbocycles. The first-order chi connectivity index (χ1) is 9.99. The van der Waals surface area contributed by atoms with Gasteiger partial charge in [0.05, 0.1) is 11.1 Å². The van der Waals surface area contributed by atoms with Crippen molar-refractivity contribution in [1.82, 2.24) is 15.5 Å². The Hall–Kier alpha value is -2.84. The normalized spacial score (nSPS) is 10.4. The molecule has 2 aromatic rings. The summed E-state index contributed by atoms with van der Waals surface area (Å²) in [5, 5.41) is 14.8. The van der Waals surface area contributed by atoms with Crippen LogP contribution in [-0.4, -0.2) is 33.7 Å². The molecular weight excluding hydrogens is 288 g/mol. The predicted molar refractivity (Wildman–Crippen MR) is 63.7 cm³/mol. The number of aromatic nitrogens is 2. The van der Waals surface area contributed by atoms with Crippen LogP contribution in [0.5, 0.6) is 0 Å². The molecule has 0 saturated heterocycles. The zero-order valence-electron chi connectivity index (χ0n) is 10.5. The minimum Gasteiger partial charge on any atom is -0.478 e. The van der Waals surface area contributed by atoms with Gasteiger partial charge in [-0.1, -0.05) is 5.16 Å². The smallest absolute Gasteiger partial charge is 0.336 e. The first-order valence-electron chi connectivity index (χ1n) is 5.75. The highest BCUT2D eigenvalue weighted by Gasteiger charge is 2.20. The Morgan fingerprint density at radius 1 is 1.24 bits per heavy atom. The maximum absolute atomic E-state index is 13.1. The van der Waals surface area contributed by atoms with Crippen molar-refractivity contribution >= 4 is 11.9 Å². The van der Waals surface area contributed by atoms with Crippen molar-refractivity contribution in [3.8, 4) is 0 Å². The Labute approximate surface area is 116 Å². The summed E-state index contributed by atoms with van der Waals surface area (Å²) in [5.41, 5.74) is -1.08. The number of halogens is 2. The second-order valence-corrected chi connectivity index (χ2v) is 3.97. The lowest BCUT2D eigenvalue weighted by Crippen LogP contribution is -2.28. The van der Waals surface area contributed by atoms with Crippen molar-refractivity contribution in [2.24, 2.45) is 0 Å². The maximum atomic E-state index is 13.1. The molecule has 21 heavy (non-hydrogen) atoms. The third-order valence-electron chi connectivity index (χ3n) is 2.58. The van der Waals surface area contributed by atoms with Gasteiger partial charge in [0, 0.05) is 13.0 Å². The van der Waals surface area contributed by atoms with Crippen molar-refractivity contribution in [3.63, 3.8) is 0 Å². The van der Waals surface area contributed by atoms with Crippen LogP contribution in [0.2, 0.25) is 0 Å². The van der Waals surface area contributed by atoms with Gasteiger partial charge in [-0.2, -0.15) is 4.98 Å². The van der Waals surface area contributed by atoms with E-state index in [0.717, 1.165) is 6.39 Å². The number of hydrogen-bond donors (Lipinski definition) is 2. The molecule has 0 bridgehead atoms. The zero-order valence-corrected chi connectivity index (χ0v) is 10.5.